The number of carbonyl (C=O) groups is 2. The van der Waals surface area contributed by atoms with Crippen molar-refractivity contribution in [3.05, 3.63) is 36.5 Å². The molecule has 0 spiro atoms. The average Bonchev–Trinajstić information content (AvgIpc) is 3.47. The van der Waals surface area contributed by atoms with Crippen LogP contribution in [0.15, 0.2) is 36.5 Å². The van der Waals surface area contributed by atoms with Crippen LogP contribution in [0.5, 0.6) is 0 Å². The van der Waals surface area contributed by atoms with Crippen LogP contribution in [0.25, 0.3) is 0 Å². The van der Waals surface area contributed by atoms with E-state index < -0.39 is 50.8 Å². The maximum absolute atomic E-state index is 12.8. The number of nitrogens with zero attached hydrogens (tertiary/aromatic N) is 1. The second kappa shape index (κ2) is 35.5. The fourth-order valence-electron chi connectivity index (χ4n) is 7.43. The molecule has 0 radical (unpaired) electrons. The van der Waals surface area contributed by atoms with Gasteiger partial charge in [0.25, 0.3) is 7.82 Å². The summed E-state index contributed by atoms with van der Waals surface area (Å²) in [6.07, 6.45) is 32.3. The van der Waals surface area contributed by atoms with Crippen LogP contribution in [-0.2, 0) is 32.7 Å². The number of hydrogen-bond acceptors (Lipinski definition) is 11. The predicted molar refractivity (Wildman–Crippen MR) is 242 cm³/mol. The Kier molecular flexibility index (Phi) is 33.2. The molecule has 0 saturated heterocycles. The average molecular weight is 886 g/mol. The number of allylic oxidation sites excluding steroid dienone is 4. The van der Waals surface area contributed by atoms with Gasteiger partial charge < -0.3 is 43.2 Å². The summed E-state index contributed by atoms with van der Waals surface area (Å²) in [5.41, 5.74) is 0. The number of phosphoric acid groups is 1. The molecule has 61 heavy (non-hydrogen) atoms. The van der Waals surface area contributed by atoms with Gasteiger partial charge in [-0.15, -0.1) is 0 Å². The van der Waals surface area contributed by atoms with Gasteiger partial charge >= 0.3 is 11.9 Å². The summed E-state index contributed by atoms with van der Waals surface area (Å²) >= 11 is 0. The van der Waals surface area contributed by atoms with E-state index in [4.69, 9.17) is 18.5 Å². The topological polar surface area (TPSA) is 172 Å². The second-order valence-electron chi connectivity index (χ2n) is 18.1. The molecule has 0 heterocycles. The van der Waals surface area contributed by atoms with Gasteiger partial charge in [-0.05, 0) is 63.7 Å². The number of hydrogen-bond donors (Lipinski definition) is 3. The van der Waals surface area contributed by atoms with Crippen molar-refractivity contribution >= 4 is 19.8 Å². The van der Waals surface area contributed by atoms with Gasteiger partial charge in [-0.1, -0.05) is 134 Å². The highest BCUT2D eigenvalue weighted by molar-refractivity contribution is 7.45. The van der Waals surface area contributed by atoms with Crippen molar-refractivity contribution in [1.29, 1.82) is 0 Å². The monoisotopic (exact) mass is 886 g/mol. The van der Waals surface area contributed by atoms with Crippen molar-refractivity contribution in [2.24, 2.45) is 11.8 Å². The number of carbonyl (C=O) groups excluding carboxylic acids is 2. The molecule has 1 unspecified atom stereocenters. The molecule has 0 amide bonds. The van der Waals surface area contributed by atoms with Crippen LogP contribution in [-0.4, -0.2) is 104 Å². The second-order valence-corrected chi connectivity index (χ2v) is 19.5. The van der Waals surface area contributed by atoms with E-state index in [-0.39, 0.29) is 37.9 Å². The Morgan fingerprint density at radius 3 is 1.95 bits per heavy atom. The molecule has 0 aromatic rings. The summed E-state index contributed by atoms with van der Waals surface area (Å²) in [6.45, 7) is 3.86. The highest BCUT2D eigenvalue weighted by atomic mass is 31.2. The van der Waals surface area contributed by atoms with Crippen LogP contribution in [0.1, 0.15) is 174 Å². The molecule has 1 fully saturated rings. The standard InChI is InChI=1S/C48H88NO11P/c1-6-8-10-11-12-13-14-15-16-17-18-19-20-21-22-23-29-33-48(54)60-42(40-59-61(55,56)58-37-36-49(3,4)5)39-57-47(53)32-28-25-24-27-31-43-44(46(52)38-45(43)51)35-34-41(50)30-26-9-7-2/h12-13,15-16,34-35,41-46,50-52H,6-11,14,17-33,36-40H2,1-5H3/b13-12-,16-15-,35-34+/t41-,42+,43+,44+,45-,46+/m0/s1. The molecule has 0 aliphatic heterocycles. The maximum Gasteiger partial charge on any atom is 0.306 e. The summed E-state index contributed by atoms with van der Waals surface area (Å²) < 4.78 is 33.9. The number of likely N-dealkylation sites (N-methyl/N-ethyl adjacent to an activating group) is 1. The first-order valence-electron chi connectivity index (χ1n) is 24.0. The Hall–Kier alpha value is -1.89. The number of phosphoric ester groups is 1. The van der Waals surface area contributed by atoms with Crippen LogP contribution in [0.4, 0.5) is 0 Å². The Bertz CT molecular complexity index is 1250. The lowest BCUT2D eigenvalue weighted by Gasteiger charge is -2.28. The van der Waals surface area contributed by atoms with Crippen LogP contribution in [0.3, 0.4) is 0 Å². The molecule has 7 atom stereocenters. The molecule has 356 valence electrons. The van der Waals surface area contributed by atoms with Crippen molar-refractivity contribution < 1.29 is 57.4 Å². The summed E-state index contributed by atoms with van der Waals surface area (Å²) in [5, 5.41) is 31.4. The lowest BCUT2D eigenvalue weighted by atomic mass is 9.88. The van der Waals surface area contributed by atoms with Crippen molar-refractivity contribution in [2.45, 2.75) is 199 Å². The zero-order valence-corrected chi connectivity index (χ0v) is 39.8. The van der Waals surface area contributed by atoms with Gasteiger partial charge in [-0.2, -0.15) is 0 Å². The smallest absolute Gasteiger partial charge is 0.306 e. The molecule has 0 bridgehead atoms. The molecular weight excluding hydrogens is 797 g/mol. The van der Waals surface area contributed by atoms with Crippen LogP contribution in [0, 0.1) is 11.8 Å². The van der Waals surface area contributed by atoms with Gasteiger partial charge in [0.2, 0.25) is 0 Å². The van der Waals surface area contributed by atoms with Gasteiger partial charge in [0, 0.05) is 25.2 Å². The van der Waals surface area contributed by atoms with Gasteiger partial charge in [-0.25, -0.2) is 0 Å². The molecular formula is C48H88NO11P. The molecule has 12 nitrogen and oxygen atoms in total. The summed E-state index contributed by atoms with van der Waals surface area (Å²) in [4.78, 5) is 37.8. The first kappa shape index (κ1) is 57.1. The first-order valence-corrected chi connectivity index (χ1v) is 25.4. The summed E-state index contributed by atoms with van der Waals surface area (Å²) in [5.74, 6) is -1.26. The third kappa shape index (κ3) is 32.4. The molecule has 1 aliphatic rings. The van der Waals surface area contributed by atoms with Crippen molar-refractivity contribution in [1.82, 2.24) is 0 Å². The minimum atomic E-state index is -4.68. The molecule has 0 aromatic heterocycles. The predicted octanol–water partition coefficient (Wildman–Crippen LogP) is 9.44. The number of ether oxygens (including phenoxy) is 2. The Labute approximate surface area is 370 Å². The first-order chi connectivity index (χ1) is 29.2. The maximum atomic E-state index is 12.8. The third-order valence-electron chi connectivity index (χ3n) is 11.2. The normalized spacial score (nSPS) is 20.5. The quantitative estimate of drug-likeness (QED) is 0.0177. The lowest BCUT2D eigenvalue weighted by molar-refractivity contribution is -0.870. The van der Waals surface area contributed by atoms with E-state index in [1.807, 2.05) is 27.2 Å². The van der Waals surface area contributed by atoms with E-state index in [0.29, 0.717) is 36.7 Å². The number of aliphatic hydroxyl groups excluding tert-OH is 3. The highest BCUT2D eigenvalue weighted by Gasteiger charge is 2.39. The largest absolute Gasteiger partial charge is 0.756 e. The number of quaternary nitrogens is 1. The molecule has 1 saturated carbocycles. The summed E-state index contributed by atoms with van der Waals surface area (Å²) in [7, 11) is 1.04. The van der Waals surface area contributed by atoms with Gasteiger partial charge in [0.1, 0.15) is 19.8 Å². The molecule has 3 N–H and O–H groups in total. The van der Waals surface area contributed by atoms with Crippen molar-refractivity contribution in [3.63, 3.8) is 0 Å². The van der Waals surface area contributed by atoms with Gasteiger partial charge in [-0.3, -0.25) is 14.2 Å². The number of aliphatic hydroxyl groups is 3. The van der Waals surface area contributed by atoms with Crippen molar-refractivity contribution in [3.8, 4) is 0 Å². The molecule has 13 heteroatoms. The SMILES string of the molecule is CCCCC/C=C\C/C=C\CCCCCCCCCC(=O)O[C@H](COC(=O)CCCCCC[C@@H]1[C@@H](/C=C/[C@@H](O)CCCCC)[C@H](O)C[C@@H]1O)COP(=O)([O-])OCC[N+](C)(C)C. The molecule has 1 aliphatic carbocycles. The number of esters is 2. The minimum absolute atomic E-state index is 0.0674. The number of unbranched alkanes of at least 4 members (excludes halogenated alkanes) is 15. The Balaban J connectivity index is 2.44. The van der Waals surface area contributed by atoms with E-state index in [0.717, 1.165) is 83.5 Å². The zero-order valence-electron chi connectivity index (χ0n) is 38.9. The number of rotatable bonds is 39. The minimum Gasteiger partial charge on any atom is -0.756 e. The van der Waals surface area contributed by atoms with E-state index >= 15 is 0 Å². The van der Waals surface area contributed by atoms with Gasteiger partial charge in [0.15, 0.2) is 6.10 Å². The molecule has 0 aromatic carbocycles. The van der Waals surface area contributed by atoms with Crippen LogP contribution >= 0.6 is 7.82 Å². The van der Waals surface area contributed by atoms with E-state index in [9.17, 15) is 34.4 Å². The Morgan fingerprint density at radius 1 is 0.738 bits per heavy atom. The van der Waals surface area contributed by atoms with Crippen LogP contribution < -0.4 is 4.89 Å². The third-order valence-corrected chi connectivity index (χ3v) is 12.2. The van der Waals surface area contributed by atoms with Crippen LogP contribution in [0.2, 0.25) is 0 Å². The lowest BCUT2D eigenvalue weighted by Crippen LogP contribution is -2.37. The van der Waals surface area contributed by atoms with Crippen molar-refractivity contribution in [2.75, 3.05) is 47.5 Å². The molecule has 1 rings (SSSR count). The highest BCUT2D eigenvalue weighted by Crippen LogP contribution is 2.39. The fraction of sp³-hybridized carbons (Fsp3) is 0.833. The van der Waals surface area contributed by atoms with E-state index in [1.54, 1.807) is 6.08 Å². The Morgan fingerprint density at radius 2 is 1.31 bits per heavy atom. The van der Waals surface area contributed by atoms with Gasteiger partial charge in [0.05, 0.1) is 46.1 Å². The zero-order chi connectivity index (χ0) is 45.2. The fourth-order valence-corrected chi connectivity index (χ4v) is 8.16. The van der Waals surface area contributed by atoms with E-state index in [2.05, 4.69) is 38.2 Å². The summed E-state index contributed by atoms with van der Waals surface area (Å²) in [6, 6.07) is 0. The van der Waals surface area contributed by atoms with E-state index in [1.165, 1.54) is 38.5 Å².